The Hall–Kier alpha value is -0.610. The molecule has 2 aromatic carbocycles. The summed E-state index contributed by atoms with van der Waals surface area (Å²) >= 11 is 15.4. The van der Waals surface area contributed by atoms with Crippen molar-refractivity contribution in [3.8, 4) is 0 Å². The Kier molecular flexibility index (Phi) is 5.67. The first kappa shape index (κ1) is 16.8. The first-order chi connectivity index (χ1) is 9.93. The van der Waals surface area contributed by atoms with E-state index >= 15 is 0 Å². The summed E-state index contributed by atoms with van der Waals surface area (Å²) in [5.74, 6) is -0.422. The molecule has 0 heterocycles. The second-order valence-corrected chi connectivity index (χ2v) is 6.49. The van der Waals surface area contributed by atoms with Gasteiger partial charge in [-0.25, -0.2) is 4.39 Å². The second kappa shape index (κ2) is 7.10. The van der Waals surface area contributed by atoms with Crippen LogP contribution in [0.25, 0.3) is 0 Å². The Morgan fingerprint density at radius 1 is 1.24 bits per heavy atom. The average molecular weight is 391 g/mol. The molecular weight excluding hydrogens is 376 g/mol. The van der Waals surface area contributed by atoms with Crippen LogP contribution in [0.4, 0.5) is 4.39 Å². The van der Waals surface area contributed by atoms with Gasteiger partial charge in [0.1, 0.15) is 5.82 Å². The zero-order valence-corrected chi connectivity index (χ0v) is 14.8. The maximum Gasteiger partial charge on any atom is 0.148 e. The molecule has 112 valence electrons. The highest BCUT2D eigenvalue weighted by molar-refractivity contribution is 9.10. The molecule has 1 unspecified atom stereocenters. The number of nitrogens with one attached hydrogen (secondary N) is 1. The Bertz CT molecular complexity index is 641. The Morgan fingerprint density at radius 2 is 1.95 bits per heavy atom. The summed E-state index contributed by atoms with van der Waals surface area (Å²) in [6.07, 6.45) is 0. The smallest absolute Gasteiger partial charge is 0.148 e. The summed E-state index contributed by atoms with van der Waals surface area (Å²) in [6.45, 7) is 4.63. The number of hydrogen-bond donors (Lipinski definition) is 1. The molecule has 0 aliphatic carbocycles. The van der Waals surface area contributed by atoms with E-state index < -0.39 is 5.82 Å². The SMILES string of the molecule is CCNC(c1cc(C)cc(Cl)c1)c1ccc(Br)c(Cl)c1F. The van der Waals surface area contributed by atoms with E-state index in [0.717, 1.165) is 11.1 Å². The molecule has 1 atom stereocenters. The molecule has 0 radical (unpaired) electrons. The molecule has 0 spiro atoms. The van der Waals surface area contributed by atoms with Crippen molar-refractivity contribution >= 4 is 39.1 Å². The van der Waals surface area contributed by atoms with Crippen LogP contribution in [0.15, 0.2) is 34.8 Å². The molecular formula is C16H15BrCl2FN. The topological polar surface area (TPSA) is 12.0 Å². The van der Waals surface area contributed by atoms with E-state index in [1.807, 2.05) is 32.0 Å². The van der Waals surface area contributed by atoms with Crippen LogP contribution >= 0.6 is 39.1 Å². The van der Waals surface area contributed by atoms with Gasteiger partial charge in [-0.3, -0.25) is 0 Å². The number of benzene rings is 2. The molecule has 0 aliphatic rings. The minimum absolute atomic E-state index is 0.0918. The summed E-state index contributed by atoms with van der Waals surface area (Å²) in [5, 5.41) is 4.01. The van der Waals surface area contributed by atoms with Gasteiger partial charge in [0.15, 0.2) is 0 Å². The van der Waals surface area contributed by atoms with E-state index in [0.29, 0.717) is 21.6 Å². The maximum atomic E-state index is 14.5. The van der Waals surface area contributed by atoms with Crippen molar-refractivity contribution in [2.24, 2.45) is 0 Å². The maximum absolute atomic E-state index is 14.5. The van der Waals surface area contributed by atoms with Crippen molar-refractivity contribution in [2.75, 3.05) is 6.54 Å². The molecule has 2 aromatic rings. The number of hydrogen-bond acceptors (Lipinski definition) is 1. The Morgan fingerprint density at radius 3 is 2.57 bits per heavy atom. The van der Waals surface area contributed by atoms with Crippen molar-refractivity contribution in [1.82, 2.24) is 5.32 Å². The Balaban J connectivity index is 2.56. The summed E-state index contributed by atoms with van der Waals surface area (Å²) < 4.78 is 15.0. The zero-order valence-electron chi connectivity index (χ0n) is 11.7. The van der Waals surface area contributed by atoms with Crippen LogP contribution in [-0.4, -0.2) is 6.54 Å². The molecule has 1 N–H and O–H groups in total. The minimum atomic E-state index is -0.422. The van der Waals surface area contributed by atoms with Crippen molar-refractivity contribution in [3.05, 3.63) is 67.4 Å². The lowest BCUT2D eigenvalue weighted by Crippen LogP contribution is -2.23. The third kappa shape index (κ3) is 3.78. The third-order valence-corrected chi connectivity index (χ3v) is 4.66. The molecule has 0 amide bonds. The highest BCUT2D eigenvalue weighted by atomic mass is 79.9. The van der Waals surface area contributed by atoms with Crippen molar-refractivity contribution < 1.29 is 4.39 Å². The lowest BCUT2D eigenvalue weighted by molar-refractivity contribution is 0.558. The predicted molar refractivity (Wildman–Crippen MR) is 90.8 cm³/mol. The van der Waals surface area contributed by atoms with Gasteiger partial charge in [0.2, 0.25) is 0 Å². The molecule has 21 heavy (non-hydrogen) atoms. The third-order valence-electron chi connectivity index (χ3n) is 3.18. The van der Waals surface area contributed by atoms with Gasteiger partial charge < -0.3 is 5.32 Å². The summed E-state index contributed by atoms with van der Waals surface area (Å²) in [7, 11) is 0. The lowest BCUT2D eigenvalue weighted by Gasteiger charge is -2.21. The quantitative estimate of drug-likeness (QED) is 0.640. The van der Waals surface area contributed by atoms with E-state index in [1.165, 1.54) is 0 Å². The first-order valence-corrected chi connectivity index (χ1v) is 8.12. The van der Waals surface area contributed by atoms with Gasteiger partial charge in [0.25, 0.3) is 0 Å². The largest absolute Gasteiger partial charge is 0.306 e. The average Bonchev–Trinajstić information content (AvgIpc) is 2.42. The molecule has 0 aliphatic heterocycles. The van der Waals surface area contributed by atoms with Gasteiger partial charge in [-0.15, -0.1) is 0 Å². The van der Waals surface area contributed by atoms with Crippen LogP contribution in [0.3, 0.4) is 0 Å². The van der Waals surface area contributed by atoms with E-state index in [2.05, 4.69) is 21.2 Å². The van der Waals surface area contributed by atoms with Gasteiger partial charge in [0.05, 0.1) is 11.1 Å². The van der Waals surface area contributed by atoms with E-state index in [4.69, 9.17) is 23.2 Å². The molecule has 2 rings (SSSR count). The molecule has 0 fully saturated rings. The van der Waals surface area contributed by atoms with Crippen LogP contribution in [0, 0.1) is 12.7 Å². The van der Waals surface area contributed by atoms with Gasteiger partial charge >= 0.3 is 0 Å². The van der Waals surface area contributed by atoms with E-state index in [1.54, 1.807) is 12.1 Å². The van der Waals surface area contributed by atoms with Gasteiger partial charge in [-0.1, -0.05) is 42.3 Å². The minimum Gasteiger partial charge on any atom is -0.306 e. The second-order valence-electron chi connectivity index (χ2n) is 4.82. The van der Waals surface area contributed by atoms with Crippen LogP contribution in [-0.2, 0) is 0 Å². The number of rotatable bonds is 4. The molecule has 0 saturated carbocycles. The number of halogens is 4. The van der Waals surface area contributed by atoms with E-state index in [9.17, 15) is 4.39 Å². The highest BCUT2D eigenvalue weighted by Crippen LogP contribution is 2.33. The summed E-state index contributed by atoms with van der Waals surface area (Å²) in [6, 6.07) is 8.90. The fourth-order valence-corrected chi connectivity index (χ4v) is 3.08. The van der Waals surface area contributed by atoms with Gasteiger partial charge in [-0.05, 0) is 58.7 Å². The fraction of sp³-hybridized carbons (Fsp3) is 0.250. The standard InChI is InChI=1S/C16H15BrCl2FN/c1-3-21-16(10-6-9(2)7-11(18)8-10)12-4-5-13(17)14(19)15(12)20/h4-8,16,21H,3H2,1-2H3. The normalized spacial score (nSPS) is 12.5. The molecule has 0 aromatic heterocycles. The van der Waals surface area contributed by atoms with Crippen molar-refractivity contribution in [1.29, 1.82) is 0 Å². The van der Waals surface area contributed by atoms with Crippen molar-refractivity contribution in [2.45, 2.75) is 19.9 Å². The van der Waals surface area contributed by atoms with Crippen molar-refractivity contribution in [3.63, 3.8) is 0 Å². The Labute approximate surface area is 142 Å². The van der Waals surface area contributed by atoms with Gasteiger partial charge in [-0.2, -0.15) is 0 Å². The zero-order chi connectivity index (χ0) is 15.6. The highest BCUT2D eigenvalue weighted by Gasteiger charge is 2.20. The predicted octanol–water partition coefficient (Wildman–Crippen LogP) is 5.90. The molecule has 0 saturated heterocycles. The van der Waals surface area contributed by atoms with E-state index in [-0.39, 0.29) is 11.1 Å². The number of aryl methyl sites for hydroxylation is 1. The molecule has 5 heteroatoms. The first-order valence-electron chi connectivity index (χ1n) is 6.58. The van der Waals surface area contributed by atoms with Gasteiger partial charge in [0, 0.05) is 15.1 Å². The van der Waals surface area contributed by atoms with Crippen LogP contribution < -0.4 is 5.32 Å². The van der Waals surface area contributed by atoms with Crippen LogP contribution in [0.2, 0.25) is 10.0 Å². The van der Waals surface area contributed by atoms with Crippen LogP contribution in [0.1, 0.15) is 29.7 Å². The molecule has 1 nitrogen and oxygen atoms in total. The molecule has 0 bridgehead atoms. The lowest BCUT2D eigenvalue weighted by atomic mass is 9.97. The summed E-state index contributed by atoms with van der Waals surface area (Å²) in [4.78, 5) is 0. The monoisotopic (exact) mass is 389 g/mol. The summed E-state index contributed by atoms with van der Waals surface area (Å²) in [5.41, 5.74) is 2.45. The fourth-order valence-electron chi connectivity index (χ4n) is 2.31. The van der Waals surface area contributed by atoms with Crippen LogP contribution in [0.5, 0.6) is 0 Å².